The lowest BCUT2D eigenvalue weighted by Crippen LogP contribution is -2.26. The molecule has 0 radical (unpaired) electrons. The molecule has 0 aliphatic carbocycles. The highest BCUT2D eigenvalue weighted by Crippen LogP contribution is 2.04. The molecule has 2 N–H and O–H groups in total. The van der Waals surface area contributed by atoms with Crippen LogP contribution in [0.1, 0.15) is 13.3 Å². The molecule has 0 saturated heterocycles. The van der Waals surface area contributed by atoms with Crippen molar-refractivity contribution in [3.8, 4) is 0 Å². The van der Waals surface area contributed by atoms with Gasteiger partial charge >= 0.3 is 0 Å². The zero-order valence-electron chi connectivity index (χ0n) is 10.1. The van der Waals surface area contributed by atoms with Gasteiger partial charge in [0.1, 0.15) is 0 Å². The fourth-order valence-electron chi connectivity index (χ4n) is 1.84. The molecular formula is C12H18N4O. The summed E-state index contributed by atoms with van der Waals surface area (Å²) in [6.45, 7) is 5.24. The van der Waals surface area contributed by atoms with Crippen molar-refractivity contribution in [3.63, 3.8) is 0 Å². The minimum atomic E-state index is -0.0514. The predicted molar refractivity (Wildman–Crippen MR) is 68.2 cm³/mol. The Morgan fingerprint density at radius 3 is 3.18 bits per heavy atom. The van der Waals surface area contributed by atoms with E-state index in [9.17, 15) is 4.79 Å². The van der Waals surface area contributed by atoms with Crippen LogP contribution in [0.3, 0.4) is 0 Å². The molecule has 0 atom stereocenters. The molecule has 1 aromatic rings. The molecule has 0 bridgehead atoms. The van der Waals surface area contributed by atoms with Gasteiger partial charge in [-0.2, -0.15) is 0 Å². The van der Waals surface area contributed by atoms with E-state index in [1.165, 1.54) is 5.57 Å². The number of nitrogens with one attached hydrogen (secondary N) is 2. The van der Waals surface area contributed by atoms with E-state index in [2.05, 4.69) is 21.7 Å². The van der Waals surface area contributed by atoms with Gasteiger partial charge in [0.2, 0.25) is 0 Å². The normalized spacial score (nSPS) is 15.5. The van der Waals surface area contributed by atoms with E-state index in [0.29, 0.717) is 18.9 Å². The summed E-state index contributed by atoms with van der Waals surface area (Å²) in [5.41, 5.74) is 1.28. The van der Waals surface area contributed by atoms with Gasteiger partial charge in [-0.15, -0.1) is 0 Å². The van der Waals surface area contributed by atoms with E-state index in [0.717, 1.165) is 19.5 Å². The summed E-state index contributed by atoms with van der Waals surface area (Å²) in [6, 6.07) is 0. The van der Waals surface area contributed by atoms with Crippen molar-refractivity contribution < 1.29 is 0 Å². The summed E-state index contributed by atoms with van der Waals surface area (Å²) in [5, 5.41) is 6.37. The number of aryl methyl sites for hydroxylation is 1. The maximum atomic E-state index is 11.9. The molecule has 2 heterocycles. The molecule has 0 saturated carbocycles. The van der Waals surface area contributed by atoms with Crippen molar-refractivity contribution in [2.24, 2.45) is 0 Å². The Morgan fingerprint density at radius 1 is 1.59 bits per heavy atom. The third-order valence-corrected chi connectivity index (χ3v) is 2.90. The van der Waals surface area contributed by atoms with Crippen LogP contribution in [-0.2, 0) is 6.54 Å². The van der Waals surface area contributed by atoms with E-state index in [1.54, 1.807) is 17.0 Å². The Hall–Kier alpha value is -1.62. The largest absolute Gasteiger partial charge is 0.362 e. The summed E-state index contributed by atoms with van der Waals surface area (Å²) >= 11 is 0. The standard InChI is InChI=1S/C12H18N4O/c1-2-16-8-7-14-11(12(16)17)15-9-10-3-5-13-6-4-10/h3,7-8,13H,2,4-6,9H2,1H3,(H,14,15). The summed E-state index contributed by atoms with van der Waals surface area (Å²) in [7, 11) is 0. The van der Waals surface area contributed by atoms with Crippen LogP contribution in [0.25, 0.3) is 0 Å². The van der Waals surface area contributed by atoms with Crippen molar-refractivity contribution in [1.82, 2.24) is 14.9 Å². The second-order valence-corrected chi connectivity index (χ2v) is 4.04. The van der Waals surface area contributed by atoms with Gasteiger partial charge in [-0.3, -0.25) is 4.79 Å². The lowest BCUT2D eigenvalue weighted by Gasteiger charge is -2.14. The van der Waals surface area contributed by atoms with Gasteiger partial charge in [-0.1, -0.05) is 11.6 Å². The zero-order chi connectivity index (χ0) is 12.1. The molecule has 0 aromatic carbocycles. The highest BCUT2D eigenvalue weighted by Gasteiger charge is 2.06. The van der Waals surface area contributed by atoms with E-state index < -0.39 is 0 Å². The fourth-order valence-corrected chi connectivity index (χ4v) is 1.84. The highest BCUT2D eigenvalue weighted by molar-refractivity contribution is 5.33. The smallest absolute Gasteiger partial charge is 0.293 e. The molecule has 17 heavy (non-hydrogen) atoms. The SMILES string of the molecule is CCn1ccnc(NCC2=CCNCC2)c1=O. The van der Waals surface area contributed by atoms with E-state index >= 15 is 0 Å². The van der Waals surface area contributed by atoms with Crippen LogP contribution in [-0.4, -0.2) is 29.2 Å². The number of hydrogen-bond acceptors (Lipinski definition) is 4. The highest BCUT2D eigenvalue weighted by atomic mass is 16.1. The van der Waals surface area contributed by atoms with Crippen molar-refractivity contribution in [3.05, 3.63) is 34.4 Å². The molecule has 1 aliphatic rings. The zero-order valence-corrected chi connectivity index (χ0v) is 10.1. The summed E-state index contributed by atoms with van der Waals surface area (Å²) < 4.78 is 1.64. The van der Waals surface area contributed by atoms with Gasteiger partial charge in [0.05, 0.1) is 0 Å². The Balaban J connectivity index is 2.04. The summed E-state index contributed by atoms with van der Waals surface area (Å²) in [5.74, 6) is 0.439. The van der Waals surface area contributed by atoms with Crippen molar-refractivity contribution >= 4 is 5.82 Å². The molecule has 1 aliphatic heterocycles. The Kier molecular flexibility index (Phi) is 3.93. The van der Waals surface area contributed by atoms with Gasteiger partial charge in [-0.25, -0.2) is 4.98 Å². The number of rotatable bonds is 4. The van der Waals surface area contributed by atoms with Crippen LogP contribution in [0.5, 0.6) is 0 Å². The molecule has 0 unspecified atom stereocenters. The van der Waals surface area contributed by atoms with E-state index in [-0.39, 0.29) is 5.56 Å². The average molecular weight is 234 g/mol. The Labute approximate surface area is 101 Å². The first-order valence-corrected chi connectivity index (χ1v) is 5.99. The first-order valence-electron chi connectivity index (χ1n) is 5.99. The minimum absolute atomic E-state index is 0.0514. The minimum Gasteiger partial charge on any atom is -0.362 e. The first-order chi connectivity index (χ1) is 8.31. The molecular weight excluding hydrogens is 216 g/mol. The summed E-state index contributed by atoms with van der Waals surface area (Å²) in [6.07, 6.45) is 6.56. The third kappa shape index (κ3) is 2.94. The van der Waals surface area contributed by atoms with E-state index in [1.807, 2.05) is 6.92 Å². The number of hydrogen-bond donors (Lipinski definition) is 2. The molecule has 0 spiro atoms. The Bertz CT molecular complexity index is 464. The second kappa shape index (κ2) is 5.63. The maximum Gasteiger partial charge on any atom is 0.293 e. The molecule has 92 valence electrons. The van der Waals surface area contributed by atoms with Crippen molar-refractivity contribution in [2.75, 3.05) is 25.0 Å². The quantitative estimate of drug-likeness (QED) is 0.749. The van der Waals surface area contributed by atoms with E-state index in [4.69, 9.17) is 0 Å². The third-order valence-electron chi connectivity index (χ3n) is 2.90. The molecule has 5 heteroatoms. The molecule has 0 fully saturated rings. The number of anilines is 1. The van der Waals surface area contributed by atoms with Crippen LogP contribution in [0.2, 0.25) is 0 Å². The van der Waals surface area contributed by atoms with Crippen LogP contribution >= 0.6 is 0 Å². The van der Waals surface area contributed by atoms with Gasteiger partial charge in [-0.05, 0) is 19.9 Å². The topological polar surface area (TPSA) is 59.0 Å². The molecule has 2 rings (SSSR count). The van der Waals surface area contributed by atoms with Crippen molar-refractivity contribution in [2.45, 2.75) is 19.9 Å². The monoisotopic (exact) mass is 234 g/mol. The first kappa shape index (κ1) is 11.9. The van der Waals surface area contributed by atoms with Crippen LogP contribution in [0.4, 0.5) is 5.82 Å². The number of aromatic nitrogens is 2. The van der Waals surface area contributed by atoms with Gasteiger partial charge in [0, 0.05) is 32.0 Å². The lowest BCUT2D eigenvalue weighted by atomic mass is 10.1. The predicted octanol–water partition coefficient (Wildman–Crippen LogP) is 0.595. The maximum absolute atomic E-state index is 11.9. The van der Waals surface area contributed by atoms with Crippen LogP contribution in [0, 0.1) is 0 Å². The fraction of sp³-hybridized carbons (Fsp3) is 0.500. The Morgan fingerprint density at radius 2 is 2.47 bits per heavy atom. The molecule has 5 nitrogen and oxygen atoms in total. The summed E-state index contributed by atoms with van der Waals surface area (Å²) in [4.78, 5) is 16.0. The average Bonchev–Trinajstić information content (AvgIpc) is 2.39. The van der Waals surface area contributed by atoms with Crippen LogP contribution < -0.4 is 16.2 Å². The van der Waals surface area contributed by atoms with Crippen LogP contribution in [0.15, 0.2) is 28.8 Å². The molecule has 1 aromatic heterocycles. The van der Waals surface area contributed by atoms with Gasteiger partial charge < -0.3 is 15.2 Å². The second-order valence-electron chi connectivity index (χ2n) is 4.04. The number of nitrogens with zero attached hydrogens (tertiary/aromatic N) is 2. The lowest BCUT2D eigenvalue weighted by molar-refractivity contribution is 0.695. The van der Waals surface area contributed by atoms with Crippen molar-refractivity contribution in [1.29, 1.82) is 0 Å². The van der Waals surface area contributed by atoms with Gasteiger partial charge in [0.15, 0.2) is 5.82 Å². The van der Waals surface area contributed by atoms with Gasteiger partial charge in [0.25, 0.3) is 5.56 Å². The molecule has 0 amide bonds.